The predicted octanol–water partition coefficient (Wildman–Crippen LogP) is 3.47. The van der Waals surface area contributed by atoms with Gasteiger partial charge in [-0.05, 0) is 45.0 Å². The molecule has 0 heterocycles. The summed E-state index contributed by atoms with van der Waals surface area (Å²) in [5.41, 5.74) is 2.57. The molecule has 1 aromatic rings. The lowest BCUT2D eigenvalue weighted by Gasteiger charge is -2.20. The first-order valence-electron chi connectivity index (χ1n) is 8.19. The zero-order chi connectivity index (χ0) is 16.5. The van der Waals surface area contributed by atoms with Crippen molar-refractivity contribution in [2.75, 3.05) is 20.6 Å². The van der Waals surface area contributed by atoms with Crippen LogP contribution in [0.4, 0.5) is 0 Å². The van der Waals surface area contributed by atoms with Crippen LogP contribution >= 0.6 is 24.0 Å². The smallest absolute Gasteiger partial charge is 0.191 e. The van der Waals surface area contributed by atoms with Gasteiger partial charge < -0.3 is 15.5 Å². The quantitative estimate of drug-likeness (QED) is 0.394. The maximum atomic E-state index is 4.71. The fourth-order valence-electron chi connectivity index (χ4n) is 2.06. The summed E-state index contributed by atoms with van der Waals surface area (Å²) < 4.78 is 0. The molecule has 1 aromatic carbocycles. The minimum Gasteiger partial charge on any atom is -0.357 e. The van der Waals surface area contributed by atoms with Crippen LogP contribution in [0.5, 0.6) is 0 Å². The minimum atomic E-state index is 0. The van der Waals surface area contributed by atoms with Crippen molar-refractivity contribution in [3.8, 4) is 0 Å². The van der Waals surface area contributed by atoms with E-state index in [1.807, 2.05) is 0 Å². The fraction of sp³-hybridized carbons (Fsp3) is 0.611. The Morgan fingerprint density at radius 1 is 1.17 bits per heavy atom. The lowest BCUT2D eigenvalue weighted by atomic mass is 10.1. The summed E-state index contributed by atoms with van der Waals surface area (Å²) in [6.45, 7) is 11.2. The van der Waals surface area contributed by atoms with Gasteiger partial charge in [-0.25, -0.2) is 4.99 Å². The van der Waals surface area contributed by atoms with E-state index in [0.29, 0.717) is 18.5 Å². The van der Waals surface area contributed by atoms with Crippen LogP contribution in [0.1, 0.15) is 38.8 Å². The molecule has 1 rings (SSSR count). The van der Waals surface area contributed by atoms with E-state index in [4.69, 9.17) is 4.99 Å². The Hall–Kier alpha value is -0.820. The maximum absolute atomic E-state index is 4.71. The van der Waals surface area contributed by atoms with Crippen LogP contribution in [0.3, 0.4) is 0 Å². The Bertz CT molecular complexity index is 472. The SMILES string of the molecule is CCNC(=NCc1cccc(CN(C)C)c1)NC(C)C(C)C.I. The third-order valence-corrected chi connectivity index (χ3v) is 3.62. The van der Waals surface area contributed by atoms with Gasteiger partial charge in [0.1, 0.15) is 0 Å². The number of nitrogens with zero attached hydrogens (tertiary/aromatic N) is 2. The highest BCUT2D eigenvalue weighted by molar-refractivity contribution is 14.0. The molecular formula is C18H33IN4. The molecule has 0 aliphatic rings. The lowest BCUT2D eigenvalue weighted by molar-refractivity contribution is 0.402. The van der Waals surface area contributed by atoms with Gasteiger partial charge in [0.05, 0.1) is 6.54 Å². The van der Waals surface area contributed by atoms with Crippen LogP contribution in [-0.2, 0) is 13.1 Å². The van der Waals surface area contributed by atoms with Crippen molar-refractivity contribution in [3.63, 3.8) is 0 Å². The fourth-order valence-corrected chi connectivity index (χ4v) is 2.06. The van der Waals surface area contributed by atoms with Crippen LogP contribution in [0.2, 0.25) is 0 Å². The van der Waals surface area contributed by atoms with E-state index in [1.165, 1.54) is 11.1 Å². The van der Waals surface area contributed by atoms with Gasteiger partial charge in [0, 0.05) is 19.1 Å². The molecule has 2 N–H and O–H groups in total. The van der Waals surface area contributed by atoms with Gasteiger partial charge in [0.15, 0.2) is 5.96 Å². The molecule has 0 aliphatic carbocycles. The van der Waals surface area contributed by atoms with Gasteiger partial charge in [0.25, 0.3) is 0 Å². The molecule has 0 saturated carbocycles. The molecule has 0 bridgehead atoms. The number of nitrogens with one attached hydrogen (secondary N) is 2. The topological polar surface area (TPSA) is 39.7 Å². The van der Waals surface area contributed by atoms with Crippen molar-refractivity contribution in [1.82, 2.24) is 15.5 Å². The Balaban J connectivity index is 0.00000484. The molecule has 0 fully saturated rings. The molecule has 0 aliphatic heterocycles. The molecule has 0 radical (unpaired) electrons. The summed E-state index contributed by atoms with van der Waals surface area (Å²) in [5, 5.41) is 6.78. The van der Waals surface area contributed by atoms with E-state index in [2.05, 4.69) is 81.6 Å². The summed E-state index contributed by atoms with van der Waals surface area (Å²) in [7, 11) is 4.18. The Morgan fingerprint density at radius 3 is 2.39 bits per heavy atom. The molecule has 1 atom stereocenters. The minimum absolute atomic E-state index is 0. The highest BCUT2D eigenvalue weighted by atomic mass is 127. The summed E-state index contributed by atoms with van der Waals surface area (Å²) >= 11 is 0. The average Bonchev–Trinajstić information content (AvgIpc) is 2.44. The first-order chi connectivity index (χ1) is 10.4. The summed E-state index contributed by atoms with van der Waals surface area (Å²) in [5.74, 6) is 1.47. The lowest BCUT2D eigenvalue weighted by Crippen LogP contribution is -2.44. The zero-order valence-electron chi connectivity index (χ0n) is 15.4. The highest BCUT2D eigenvalue weighted by Gasteiger charge is 2.08. The molecule has 1 unspecified atom stereocenters. The van der Waals surface area contributed by atoms with Crippen molar-refractivity contribution in [3.05, 3.63) is 35.4 Å². The molecule has 0 spiro atoms. The number of benzene rings is 1. The van der Waals surface area contributed by atoms with Gasteiger partial charge in [-0.2, -0.15) is 0 Å². The van der Waals surface area contributed by atoms with Crippen molar-refractivity contribution < 1.29 is 0 Å². The van der Waals surface area contributed by atoms with Gasteiger partial charge in [0.2, 0.25) is 0 Å². The third-order valence-electron chi connectivity index (χ3n) is 3.62. The number of aliphatic imine (C=N–C) groups is 1. The van der Waals surface area contributed by atoms with E-state index in [0.717, 1.165) is 19.0 Å². The normalized spacial score (nSPS) is 13.0. The molecule has 0 aromatic heterocycles. The molecule has 132 valence electrons. The van der Waals surface area contributed by atoms with E-state index >= 15 is 0 Å². The van der Waals surface area contributed by atoms with Crippen molar-refractivity contribution in [1.29, 1.82) is 0 Å². The molecule has 23 heavy (non-hydrogen) atoms. The number of hydrogen-bond acceptors (Lipinski definition) is 2. The zero-order valence-corrected chi connectivity index (χ0v) is 17.7. The predicted molar refractivity (Wildman–Crippen MR) is 111 cm³/mol. The molecular weight excluding hydrogens is 399 g/mol. The van der Waals surface area contributed by atoms with Crippen LogP contribution in [0.15, 0.2) is 29.3 Å². The van der Waals surface area contributed by atoms with Crippen molar-refractivity contribution in [2.24, 2.45) is 10.9 Å². The first kappa shape index (κ1) is 22.2. The molecule has 0 saturated heterocycles. The summed E-state index contributed by atoms with van der Waals surface area (Å²) in [6.07, 6.45) is 0. The Labute approximate surface area is 159 Å². The first-order valence-corrected chi connectivity index (χ1v) is 8.19. The van der Waals surface area contributed by atoms with Crippen LogP contribution < -0.4 is 10.6 Å². The van der Waals surface area contributed by atoms with Gasteiger partial charge in [-0.3, -0.25) is 0 Å². The molecule has 5 heteroatoms. The molecule has 0 amide bonds. The number of hydrogen-bond donors (Lipinski definition) is 2. The van der Waals surface area contributed by atoms with E-state index in [-0.39, 0.29) is 24.0 Å². The second-order valence-electron chi connectivity index (χ2n) is 6.43. The third kappa shape index (κ3) is 9.15. The Kier molecular flexibility index (Phi) is 11.3. The highest BCUT2D eigenvalue weighted by Crippen LogP contribution is 2.08. The Morgan fingerprint density at radius 2 is 1.83 bits per heavy atom. The van der Waals surface area contributed by atoms with Crippen LogP contribution in [-0.4, -0.2) is 37.5 Å². The number of guanidine groups is 1. The second-order valence-corrected chi connectivity index (χ2v) is 6.43. The van der Waals surface area contributed by atoms with Gasteiger partial charge in [-0.1, -0.05) is 38.1 Å². The van der Waals surface area contributed by atoms with E-state index < -0.39 is 0 Å². The standard InChI is InChI=1S/C18H32N4.HI/c1-7-19-18(21-15(4)14(2)3)20-12-16-9-8-10-17(11-16)13-22(5)6;/h8-11,14-15H,7,12-13H2,1-6H3,(H2,19,20,21);1H. The monoisotopic (exact) mass is 432 g/mol. The van der Waals surface area contributed by atoms with Crippen LogP contribution in [0, 0.1) is 5.92 Å². The molecule has 4 nitrogen and oxygen atoms in total. The van der Waals surface area contributed by atoms with E-state index in [9.17, 15) is 0 Å². The average molecular weight is 432 g/mol. The summed E-state index contributed by atoms with van der Waals surface area (Å²) in [6, 6.07) is 9.05. The van der Waals surface area contributed by atoms with E-state index in [1.54, 1.807) is 0 Å². The van der Waals surface area contributed by atoms with Crippen LogP contribution in [0.25, 0.3) is 0 Å². The summed E-state index contributed by atoms with van der Waals surface area (Å²) in [4.78, 5) is 6.89. The number of rotatable bonds is 7. The maximum Gasteiger partial charge on any atom is 0.191 e. The number of halogens is 1. The largest absolute Gasteiger partial charge is 0.357 e. The second kappa shape index (κ2) is 11.7. The van der Waals surface area contributed by atoms with Gasteiger partial charge >= 0.3 is 0 Å². The van der Waals surface area contributed by atoms with Crippen molar-refractivity contribution in [2.45, 2.75) is 46.8 Å². The van der Waals surface area contributed by atoms with Gasteiger partial charge in [-0.15, -0.1) is 24.0 Å². The van der Waals surface area contributed by atoms with Crippen molar-refractivity contribution >= 4 is 29.9 Å².